The zero-order valence-electron chi connectivity index (χ0n) is 10.8. The molecule has 2 aliphatic rings. The minimum atomic E-state index is -0.0671. The van der Waals surface area contributed by atoms with Crippen molar-refractivity contribution in [2.24, 2.45) is 5.92 Å². The van der Waals surface area contributed by atoms with E-state index in [0.717, 1.165) is 24.0 Å². The average molecular weight is 325 g/mol. The number of phenolic OH excluding ortho intramolecular Hbond substituents is 1. The molecule has 0 saturated carbocycles. The molecule has 0 radical (unpaired) electrons. The fraction of sp³-hybridized carbons (Fsp3) is 0.500. The van der Waals surface area contributed by atoms with E-state index < -0.39 is 0 Å². The van der Waals surface area contributed by atoms with E-state index in [1.54, 1.807) is 18.2 Å². The Labute approximate surface area is 120 Å². The zero-order chi connectivity index (χ0) is 13.6. The summed E-state index contributed by atoms with van der Waals surface area (Å²) in [5, 5.41) is 13.2. The molecule has 1 aromatic rings. The molecule has 1 aromatic carbocycles. The second-order valence-electron chi connectivity index (χ2n) is 5.44. The van der Waals surface area contributed by atoms with Crippen LogP contribution in [0.2, 0.25) is 0 Å². The van der Waals surface area contributed by atoms with E-state index in [4.69, 9.17) is 0 Å². The Balaban J connectivity index is 1.93. The molecule has 0 spiro atoms. The van der Waals surface area contributed by atoms with Gasteiger partial charge in [-0.2, -0.15) is 0 Å². The summed E-state index contributed by atoms with van der Waals surface area (Å²) >= 11 is 3.35. The number of hydrogen-bond acceptors (Lipinski definition) is 3. The van der Waals surface area contributed by atoms with Gasteiger partial charge in [0.05, 0.1) is 5.56 Å². The highest BCUT2D eigenvalue weighted by molar-refractivity contribution is 9.10. The molecule has 2 saturated heterocycles. The van der Waals surface area contributed by atoms with Gasteiger partial charge in [-0.1, -0.05) is 15.9 Å². The lowest BCUT2D eigenvalue weighted by molar-refractivity contribution is 0.0679. The molecule has 2 N–H and O–H groups in total. The predicted molar refractivity (Wildman–Crippen MR) is 76.2 cm³/mol. The van der Waals surface area contributed by atoms with E-state index in [0.29, 0.717) is 11.5 Å². The van der Waals surface area contributed by atoms with Crippen LogP contribution in [0.5, 0.6) is 5.75 Å². The lowest BCUT2D eigenvalue weighted by atomic mass is 10.0. The van der Waals surface area contributed by atoms with E-state index in [2.05, 4.69) is 28.2 Å². The van der Waals surface area contributed by atoms with Gasteiger partial charge in [0.15, 0.2) is 0 Å². The van der Waals surface area contributed by atoms with Crippen molar-refractivity contribution >= 4 is 21.8 Å². The third kappa shape index (κ3) is 2.15. The summed E-state index contributed by atoms with van der Waals surface area (Å²) in [6.07, 6.45) is 1.04. The number of amides is 1. The van der Waals surface area contributed by atoms with Crippen molar-refractivity contribution in [3.05, 3.63) is 28.2 Å². The molecule has 2 fully saturated rings. The molecule has 4 nitrogen and oxygen atoms in total. The zero-order valence-corrected chi connectivity index (χ0v) is 12.4. The van der Waals surface area contributed by atoms with E-state index in [-0.39, 0.29) is 23.7 Å². The van der Waals surface area contributed by atoms with Crippen molar-refractivity contribution < 1.29 is 9.90 Å². The average Bonchev–Trinajstić information content (AvgIpc) is 2.91. The largest absolute Gasteiger partial charge is 0.507 e. The Morgan fingerprint density at radius 3 is 3.05 bits per heavy atom. The first kappa shape index (κ1) is 12.9. The van der Waals surface area contributed by atoms with Crippen LogP contribution in [0.15, 0.2) is 22.7 Å². The highest BCUT2D eigenvalue weighted by atomic mass is 79.9. The van der Waals surface area contributed by atoms with Crippen molar-refractivity contribution in [1.29, 1.82) is 0 Å². The summed E-state index contributed by atoms with van der Waals surface area (Å²) in [4.78, 5) is 14.6. The summed E-state index contributed by atoms with van der Waals surface area (Å²) in [6, 6.07) is 5.49. The predicted octanol–water partition coefficient (Wildman–Crippen LogP) is 1.98. The lowest BCUT2D eigenvalue weighted by Crippen LogP contribution is -2.42. The van der Waals surface area contributed by atoms with Gasteiger partial charge < -0.3 is 15.3 Å². The molecule has 102 valence electrons. The highest BCUT2D eigenvalue weighted by Crippen LogP contribution is 2.35. The van der Waals surface area contributed by atoms with Crippen LogP contribution in [0.4, 0.5) is 0 Å². The van der Waals surface area contributed by atoms with Crippen LogP contribution in [-0.2, 0) is 0 Å². The van der Waals surface area contributed by atoms with Gasteiger partial charge >= 0.3 is 0 Å². The van der Waals surface area contributed by atoms with Crippen molar-refractivity contribution in [3.8, 4) is 5.75 Å². The first-order chi connectivity index (χ1) is 9.08. The molecule has 0 bridgehead atoms. The topological polar surface area (TPSA) is 52.6 Å². The van der Waals surface area contributed by atoms with Crippen LogP contribution in [-0.4, -0.2) is 41.1 Å². The lowest BCUT2D eigenvalue weighted by Gasteiger charge is -2.28. The Morgan fingerprint density at radius 1 is 1.47 bits per heavy atom. The van der Waals surface area contributed by atoms with Crippen LogP contribution in [0.25, 0.3) is 0 Å². The number of aromatic hydroxyl groups is 1. The van der Waals surface area contributed by atoms with Crippen LogP contribution in [0.1, 0.15) is 23.7 Å². The van der Waals surface area contributed by atoms with Crippen LogP contribution in [0.3, 0.4) is 0 Å². The van der Waals surface area contributed by atoms with Gasteiger partial charge in [-0.05, 0) is 37.5 Å². The highest BCUT2D eigenvalue weighted by Gasteiger charge is 2.44. The van der Waals surface area contributed by atoms with E-state index in [9.17, 15) is 9.90 Å². The molecule has 0 aromatic heterocycles. The number of likely N-dealkylation sites (tertiary alicyclic amines) is 1. The second-order valence-corrected chi connectivity index (χ2v) is 6.36. The number of halogens is 1. The number of carbonyl (C=O) groups excluding carboxylic acids is 1. The van der Waals surface area contributed by atoms with Gasteiger partial charge in [0.1, 0.15) is 5.75 Å². The smallest absolute Gasteiger partial charge is 0.258 e. The third-order valence-corrected chi connectivity index (χ3v) is 4.70. The number of nitrogens with zero attached hydrogens (tertiary/aromatic N) is 1. The van der Waals surface area contributed by atoms with Crippen molar-refractivity contribution in [1.82, 2.24) is 10.2 Å². The molecule has 19 heavy (non-hydrogen) atoms. The summed E-state index contributed by atoms with van der Waals surface area (Å²) in [5.41, 5.74) is 0.383. The molecule has 3 atom stereocenters. The summed E-state index contributed by atoms with van der Waals surface area (Å²) in [7, 11) is 0. The SMILES string of the molecule is CC1CC2CNCC2N1C(=O)c1cc(Br)ccc1O. The standard InChI is InChI=1S/C14H17BrN2O2/c1-8-4-9-6-16-7-12(9)17(8)14(19)11-5-10(15)2-3-13(11)18/h2-3,5,8-9,12,16,18H,4,6-7H2,1H3. The summed E-state index contributed by atoms with van der Waals surface area (Å²) in [6.45, 7) is 3.93. The normalized spacial score (nSPS) is 29.6. The van der Waals surface area contributed by atoms with Crippen LogP contribution >= 0.6 is 15.9 Å². The minimum absolute atomic E-state index is 0.0507. The molecule has 3 unspecified atom stereocenters. The van der Waals surface area contributed by atoms with E-state index >= 15 is 0 Å². The first-order valence-electron chi connectivity index (χ1n) is 6.60. The van der Waals surface area contributed by atoms with Crippen LogP contribution in [0, 0.1) is 5.92 Å². The molecule has 1 amide bonds. The first-order valence-corrected chi connectivity index (χ1v) is 7.39. The molecular weight excluding hydrogens is 308 g/mol. The Bertz CT molecular complexity index is 520. The molecule has 3 rings (SSSR count). The molecule has 0 aliphatic carbocycles. The van der Waals surface area contributed by atoms with E-state index in [1.165, 1.54) is 0 Å². The third-order valence-electron chi connectivity index (χ3n) is 4.20. The Morgan fingerprint density at radius 2 is 2.26 bits per heavy atom. The summed E-state index contributed by atoms with van der Waals surface area (Å²) in [5.74, 6) is 0.533. The molecule has 2 aliphatic heterocycles. The van der Waals surface area contributed by atoms with Gasteiger partial charge in [-0.15, -0.1) is 0 Å². The maximum Gasteiger partial charge on any atom is 0.258 e. The number of nitrogens with one attached hydrogen (secondary N) is 1. The van der Waals surface area contributed by atoms with Gasteiger partial charge in [0.25, 0.3) is 5.91 Å². The van der Waals surface area contributed by atoms with Crippen molar-refractivity contribution in [2.75, 3.05) is 13.1 Å². The number of phenols is 1. The second kappa shape index (κ2) is 4.80. The number of hydrogen-bond donors (Lipinski definition) is 2. The molecule has 5 heteroatoms. The maximum absolute atomic E-state index is 12.7. The van der Waals surface area contributed by atoms with Gasteiger partial charge in [0, 0.05) is 29.6 Å². The number of fused-ring (bicyclic) bond motifs is 1. The molecular formula is C14H17BrN2O2. The number of carbonyl (C=O) groups is 1. The minimum Gasteiger partial charge on any atom is -0.507 e. The maximum atomic E-state index is 12.7. The fourth-order valence-electron chi connectivity index (χ4n) is 3.33. The van der Waals surface area contributed by atoms with Gasteiger partial charge in [-0.3, -0.25) is 4.79 Å². The summed E-state index contributed by atoms with van der Waals surface area (Å²) < 4.78 is 0.807. The fourth-order valence-corrected chi connectivity index (χ4v) is 3.69. The van der Waals surface area contributed by atoms with Gasteiger partial charge in [0.2, 0.25) is 0 Å². The van der Waals surface area contributed by atoms with Crippen LogP contribution < -0.4 is 5.32 Å². The Hall–Kier alpha value is -1.07. The molecule has 2 heterocycles. The number of benzene rings is 1. The van der Waals surface area contributed by atoms with Gasteiger partial charge in [-0.25, -0.2) is 0 Å². The van der Waals surface area contributed by atoms with Crippen molar-refractivity contribution in [3.63, 3.8) is 0 Å². The monoisotopic (exact) mass is 324 g/mol. The Kier molecular flexibility index (Phi) is 3.27. The van der Waals surface area contributed by atoms with Crippen molar-refractivity contribution in [2.45, 2.75) is 25.4 Å². The quantitative estimate of drug-likeness (QED) is 0.830. The number of rotatable bonds is 1. The van der Waals surface area contributed by atoms with E-state index in [1.807, 2.05) is 4.90 Å².